The molecule has 0 atom stereocenters. The summed E-state index contributed by atoms with van der Waals surface area (Å²) in [7, 11) is 0. The Morgan fingerprint density at radius 2 is 2.12 bits per heavy atom. The van der Waals surface area contributed by atoms with Gasteiger partial charge in [-0.05, 0) is 38.5 Å². The van der Waals surface area contributed by atoms with Crippen molar-refractivity contribution in [1.29, 1.82) is 0 Å². The van der Waals surface area contributed by atoms with E-state index < -0.39 is 0 Å². The molecule has 0 spiro atoms. The number of aryl methyl sites for hydroxylation is 2. The van der Waals surface area contributed by atoms with E-state index in [4.69, 9.17) is 4.42 Å². The zero-order valence-corrected chi connectivity index (χ0v) is 14.3. The fraction of sp³-hybridized carbons (Fsp3) is 0.389. The molecule has 2 amide bonds. The van der Waals surface area contributed by atoms with Crippen molar-refractivity contribution in [1.82, 2.24) is 15.2 Å². The highest BCUT2D eigenvalue weighted by atomic mass is 16.3. The predicted octanol–water partition coefficient (Wildman–Crippen LogP) is 2.46. The molecule has 0 aromatic carbocycles. The largest absolute Gasteiger partial charge is 0.466 e. The van der Waals surface area contributed by atoms with Gasteiger partial charge in [-0.2, -0.15) is 0 Å². The lowest BCUT2D eigenvalue weighted by Crippen LogP contribution is -2.35. The number of furan rings is 1. The van der Waals surface area contributed by atoms with Crippen LogP contribution in [0.25, 0.3) is 0 Å². The number of nitrogens with zero attached hydrogens (tertiary/aromatic N) is 2. The van der Waals surface area contributed by atoms with Crippen LogP contribution in [-0.4, -0.2) is 34.8 Å². The second-order valence-electron chi connectivity index (χ2n) is 5.60. The van der Waals surface area contributed by atoms with Crippen molar-refractivity contribution in [3.8, 4) is 0 Å². The van der Waals surface area contributed by atoms with Gasteiger partial charge in [0.05, 0.1) is 5.56 Å². The van der Waals surface area contributed by atoms with Crippen molar-refractivity contribution < 1.29 is 14.0 Å². The monoisotopic (exact) mass is 329 g/mol. The van der Waals surface area contributed by atoms with Crippen LogP contribution in [0.1, 0.15) is 40.8 Å². The Labute approximate surface area is 141 Å². The molecular formula is C18H23N3O3. The fourth-order valence-corrected chi connectivity index (χ4v) is 2.44. The van der Waals surface area contributed by atoms with Crippen molar-refractivity contribution in [2.24, 2.45) is 0 Å². The average Bonchev–Trinajstić information content (AvgIpc) is 2.92. The Hall–Kier alpha value is -2.63. The predicted molar refractivity (Wildman–Crippen MR) is 90.5 cm³/mol. The summed E-state index contributed by atoms with van der Waals surface area (Å²) in [6, 6.07) is 5.47. The summed E-state index contributed by atoms with van der Waals surface area (Å²) in [4.78, 5) is 30.2. The molecule has 6 heteroatoms. The maximum Gasteiger partial charge on any atom is 0.257 e. The van der Waals surface area contributed by atoms with Gasteiger partial charge in [-0.3, -0.25) is 14.6 Å². The fourth-order valence-electron chi connectivity index (χ4n) is 2.44. The Balaban J connectivity index is 1.85. The van der Waals surface area contributed by atoms with E-state index in [1.807, 2.05) is 26.0 Å². The third kappa shape index (κ3) is 4.68. The van der Waals surface area contributed by atoms with E-state index in [9.17, 15) is 9.59 Å². The van der Waals surface area contributed by atoms with Crippen molar-refractivity contribution >= 4 is 11.8 Å². The highest BCUT2D eigenvalue weighted by Gasteiger charge is 2.19. The number of aromatic nitrogens is 1. The summed E-state index contributed by atoms with van der Waals surface area (Å²) in [5, 5.41) is 2.84. The number of hydrogen-bond acceptors (Lipinski definition) is 4. The van der Waals surface area contributed by atoms with E-state index in [-0.39, 0.29) is 18.2 Å². The van der Waals surface area contributed by atoms with Gasteiger partial charge >= 0.3 is 0 Å². The van der Waals surface area contributed by atoms with Crippen LogP contribution in [0, 0.1) is 13.8 Å². The lowest BCUT2D eigenvalue weighted by molar-refractivity contribution is -0.121. The van der Waals surface area contributed by atoms with Crippen molar-refractivity contribution in [2.75, 3.05) is 13.1 Å². The highest BCUT2D eigenvalue weighted by Crippen LogP contribution is 2.16. The first-order valence-electron chi connectivity index (χ1n) is 8.03. The topological polar surface area (TPSA) is 75.4 Å². The lowest BCUT2D eigenvalue weighted by atomic mass is 10.2. The summed E-state index contributed by atoms with van der Waals surface area (Å²) in [6.07, 6.45) is 3.66. The van der Waals surface area contributed by atoms with Gasteiger partial charge in [0, 0.05) is 38.4 Å². The van der Waals surface area contributed by atoms with Gasteiger partial charge < -0.3 is 14.6 Å². The molecule has 2 aromatic rings. The highest BCUT2D eigenvalue weighted by molar-refractivity contribution is 5.95. The van der Waals surface area contributed by atoms with E-state index in [1.165, 1.54) is 0 Å². The van der Waals surface area contributed by atoms with E-state index in [2.05, 4.69) is 10.3 Å². The van der Waals surface area contributed by atoms with Crippen LogP contribution in [0.2, 0.25) is 0 Å². The molecule has 2 aromatic heterocycles. The van der Waals surface area contributed by atoms with Gasteiger partial charge in [-0.25, -0.2) is 0 Å². The molecule has 0 aliphatic carbocycles. The number of hydrogen-bond donors (Lipinski definition) is 1. The molecule has 0 fully saturated rings. The molecule has 0 saturated heterocycles. The minimum atomic E-state index is -0.105. The summed E-state index contributed by atoms with van der Waals surface area (Å²) in [5.41, 5.74) is 1.50. The standard InChI is InChI=1S/C18H23N3O3/c1-4-21(18(23)16-10-13(2)24-14(16)3)9-7-17(22)20-12-15-6-5-8-19-11-15/h5-6,8,10-11H,4,7,9,12H2,1-3H3,(H,20,22). The molecule has 0 bridgehead atoms. The molecule has 0 unspecified atom stereocenters. The van der Waals surface area contributed by atoms with E-state index >= 15 is 0 Å². The van der Waals surface area contributed by atoms with Gasteiger partial charge in [0.25, 0.3) is 5.91 Å². The quantitative estimate of drug-likeness (QED) is 0.846. The maximum atomic E-state index is 12.5. The van der Waals surface area contributed by atoms with Crippen LogP contribution >= 0.6 is 0 Å². The van der Waals surface area contributed by atoms with Crippen LogP contribution in [-0.2, 0) is 11.3 Å². The minimum absolute atomic E-state index is 0.0924. The summed E-state index contributed by atoms with van der Waals surface area (Å²) in [6.45, 7) is 6.83. The summed E-state index contributed by atoms with van der Waals surface area (Å²) in [5.74, 6) is 1.12. The van der Waals surface area contributed by atoms with E-state index in [0.717, 1.165) is 5.56 Å². The summed E-state index contributed by atoms with van der Waals surface area (Å²) >= 11 is 0. The smallest absolute Gasteiger partial charge is 0.257 e. The molecule has 0 aliphatic heterocycles. The molecule has 128 valence electrons. The van der Waals surface area contributed by atoms with Crippen molar-refractivity contribution in [3.05, 3.63) is 53.2 Å². The first-order valence-corrected chi connectivity index (χ1v) is 8.03. The molecule has 6 nitrogen and oxygen atoms in total. The number of pyridine rings is 1. The SMILES string of the molecule is CCN(CCC(=O)NCc1cccnc1)C(=O)c1cc(C)oc1C. The molecular weight excluding hydrogens is 306 g/mol. The minimum Gasteiger partial charge on any atom is -0.466 e. The molecule has 2 rings (SSSR count). The molecule has 24 heavy (non-hydrogen) atoms. The zero-order chi connectivity index (χ0) is 17.5. The van der Waals surface area contributed by atoms with E-state index in [0.29, 0.717) is 36.7 Å². The number of carbonyl (C=O) groups excluding carboxylic acids is 2. The number of rotatable bonds is 7. The zero-order valence-electron chi connectivity index (χ0n) is 14.3. The van der Waals surface area contributed by atoms with Gasteiger partial charge in [0.2, 0.25) is 5.91 Å². The van der Waals surface area contributed by atoms with Crippen molar-refractivity contribution in [2.45, 2.75) is 33.7 Å². The van der Waals surface area contributed by atoms with Crippen LogP contribution in [0.4, 0.5) is 0 Å². The van der Waals surface area contributed by atoms with Gasteiger partial charge in [-0.1, -0.05) is 6.07 Å². The number of amides is 2. The van der Waals surface area contributed by atoms with Crippen molar-refractivity contribution in [3.63, 3.8) is 0 Å². The van der Waals surface area contributed by atoms with Gasteiger partial charge in [0.1, 0.15) is 11.5 Å². The van der Waals surface area contributed by atoms with Crippen LogP contribution < -0.4 is 5.32 Å². The second kappa shape index (κ2) is 8.29. The number of carbonyl (C=O) groups is 2. The average molecular weight is 329 g/mol. The van der Waals surface area contributed by atoms with Gasteiger partial charge in [0.15, 0.2) is 0 Å². The first kappa shape index (κ1) is 17.7. The third-order valence-electron chi connectivity index (χ3n) is 3.76. The number of nitrogens with one attached hydrogen (secondary N) is 1. The maximum absolute atomic E-state index is 12.5. The normalized spacial score (nSPS) is 10.5. The van der Waals surface area contributed by atoms with Gasteiger partial charge in [-0.15, -0.1) is 0 Å². The molecule has 0 radical (unpaired) electrons. The Morgan fingerprint density at radius 1 is 1.33 bits per heavy atom. The third-order valence-corrected chi connectivity index (χ3v) is 3.76. The van der Waals surface area contributed by atoms with Crippen LogP contribution in [0.15, 0.2) is 35.0 Å². The second-order valence-corrected chi connectivity index (χ2v) is 5.60. The molecule has 2 heterocycles. The molecule has 1 N–H and O–H groups in total. The molecule has 0 aliphatic rings. The lowest BCUT2D eigenvalue weighted by Gasteiger charge is -2.20. The Kier molecular flexibility index (Phi) is 6.12. The first-order chi connectivity index (χ1) is 11.5. The Bertz CT molecular complexity index is 695. The van der Waals surface area contributed by atoms with E-state index in [1.54, 1.807) is 30.3 Å². The summed E-state index contributed by atoms with van der Waals surface area (Å²) < 4.78 is 5.41. The Morgan fingerprint density at radius 3 is 2.71 bits per heavy atom. The van der Waals surface area contributed by atoms with Crippen LogP contribution in [0.3, 0.4) is 0 Å². The molecule has 0 saturated carbocycles. The van der Waals surface area contributed by atoms with Crippen LogP contribution in [0.5, 0.6) is 0 Å².